The molecule has 0 aromatic carbocycles. The molecule has 0 atom stereocenters. The van der Waals surface area contributed by atoms with E-state index in [1.54, 1.807) is 0 Å². The lowest BCUT2D eigenvalue weighted by Crippen LogP contribution is -2.29. The molecule has 1 rings (SSSR count). The van der Waals surface area contributed by atoms with Gasteiger partial charge in [0.1, 0.15) is 0 Å². The van der Waals surface area contributed by atoms with E-state index in [1.807, 2.05) is 0 Å². The molecule has 2 heteroatoms. The van der Waals surface area contributed by atoms with Crippen LogP contribution in [-0.4, -0.2) is 5.88 Å². The maximum Gasteiger partial charge on any atom is 0.0709 e. The molecule has 1 aliphatic carbocycles. The Morgan fingerprint density at radius 3 is 2.31 bits per heavy atom. The van der Waals surface area contributed by atoms with Crippen LogP contribution in [0.25, 0.3) is 0 Å². The molecule has 0 saturated heterocycles. The van der Waals surface area contributed by atoms with Gasteiger partial charge in [-0.2, -0.15) is 5.26 Å². The normalized spacial score (nSPS) is 34.5. The Morgan fingerprint density at radius 2 is 2.00 bits per heavy atom. The lowest BCUT2D eigenvalue weighted by molar-refractivity contribution is 0.193. The van der Waals surface area contributed by atoms with Gasteiger partial charge in [0, 0.05) is 5.88 Å². The Hall–Kier alpha value is -0.220. The smallest absolute Gasteiger partial charge is 0.0709 e. The molecule has 0 radical (unpaired) electrons. The van der Waals surface area contributed by atoms with Gasteiger partial charge in [-0.25, -0.2) is 0 Å². The van der Waals surface area contributed by atoms with E-state index in [4.69, 9.17) is 16.9 Å². The van der Waals surface area contributed by atoms with E-state index >= 15 is 0 Å². The van der Waals surface area contributed by atoms with E-state index < -0.39 is 0 Å². The molecule has 1 saturated carbocycles. The van der Waals surface area contributed by atoms with Gasteiger partial charge < -0.3 is 0 Å². The monoisotopic (exact) mass is 199 g/mol. The molecule has 0 aromatic rings. The van der Waals surface area contributed by atoms with Crippen LogP contribution in [0.5, 0.6) is 0 Å². The average Bonchev–Trinajstić information content (AvgIpc) is 2.18. The first kappa shape index (κ1) is 10.9. The van der Waals surface area contributed by atoms with Crippen molar-refractivity contribution in [2.75, 3.05) is 5.88 Å². The molecule has 1 fully saturated rings. The average molecular weight is 200 g/mol. The molecule has 1 nitrogen and oxygen atoms in total. The molecule has 0 unspecified atom stereocenters. The minimum absolute atomic E-state index is 0.201. The number of alkyl halides is 1. The molecular formula is C11H18ClN. The summed E-state index contributed by atoms with van der Waals surface area (Å²) in [4.78, 5) is 0. The molecule has 1 aliphatic rings. The highest BCUT2D eigenvalue weighted by atomic mass is 35.5. The molecule has 0 N–H and O–H groups in total. The van der Waals surface area contributed by atoms with E-state index in [1.165, 1.54) is 12.8 Å². The maximum atomic E-state index is 9.03. The topological polar surface area (TPSA) is 23.8 Å². The van der Waals surface area contributed by atoms with Crippen molar-refractivity contribution in [2.45, 2.75) is 39.5 Å². The van der Waals surface area contributed by atoms with Crippen molar-refractivity contribution >= 4 is 11.6 Å². The molecule has 0 heterocycles. The summed E-state index contributed by atoms with van der Waals surface area (Å²) in [5, 5.41) is 9.03. The molecular weight excluding hydrogens is 182 g/mol. The first-order chi connectivity index (χ1) is 6.13. The summed E-state index contributed by atoms with van der Waals surface area (Å²) in [5.74, 6) is 2.07. The summed E-state index contributed by atoms with van der Waals surface area (Å²) < 4.78 is 0. The van der Waals surface area contributed by atoms with Crippen molar-refractivity contribution in [3.63, 3.8) is 0 Å². The van der Waals surface area contributed by atoms with Crippen LogP contribution in [0.2, 0.25) is 0 Å². The van der Waals surface area contributed by atoms with Crippen LogP contribution in [-0.2, 0) is 0 Å². The van der Waals surface area contributed by atoms with E-state index in [2.05, 4.69) is 19.9 Å². The molecule has 13 heavy (non-hydrogen) atoms. The van der Waals surface area contributed by atoms with Gasteiger partial charge in [-0.3, -0.25) is 0 Å². The van der Waals surface area contributed by atoms with E-state index in [-0.39, 0.29) is 5.41 Å². The number of hydrogen-bond acceptors (Lipinski definition) is 1. The van der Waals surface area contributed by atoms with Gasteiger partial charge in [0.05, 0.1) is 11.5 Å². The van der Waals surface area contributed by atoms with Crippen LogP contribution in [0.15, 0.2) is 0 Å². The van der Waals surface area contributed by atoms with E-state index in [0.717, 1.165) is 24.7 Å². The zero-order valence-corrected chi connectivity index (χ0v) is 9.27. The Labute approximate surface area is 86.1 Å². The second-order valence-electron chi connectivity index (χ2n) is 4.61. The van der Waals surface area contributed by atoms with Gasteiger partial charge in [-0.1, -0.05) is 13.8 Å². The quantitative estimate of drug-likeness (QED) is 0.624. The fraction of sp³-hybridized carbons (Fsp3) is 0.909. The summed E-state index contributed by atoms with van der Waals surface area (Å²) in [5.41, 5.74) is -0.201. The highest BCUT2D eigenvalue weighted by molar-refractivity contribution is 6.18. The number of nitriles is 1. The summed E-state index contributed by atoms with van der Waals surface area (Å²) in [7, 11) is 0. The van der Waals surface area contributed by atoms with Crippen LogP contribution in [0.4, 0.5) is 0 Å². The standard InChI is InChI=1S/C11H18ClN/c1-9(2)10-3-5-11(7-12,8-13)6-4-10/h9-10H,3-7H2,1-2H3. The van der Waals surface area contributed by atoms with E-state index in [0.29, 0.717) is 5.88 Å². The van der Waals surface area contributed by atoms with Gasteiger partial charge in [0.15, 0.2) is 0 Å². The van der Waals surface area contributed by atoms with E-state index in [9.17, 15) is 0 Å². The summed E-state index contributed by atoms with van der Waals surface area (Å²) in [6.07, 6.45) is 4.35. The molecule has 0 bridgehead atoms. The van der Waals surface area contributed by atoms with Gasteiger partial charge in [0.25, 0.3) is 0 Å². The van der Waals surface area contributed by atoms with Crippen molar-refractivity contribution in [3.8, 4) is 6.07 Å². The van der Waals surface area contributed by atoms with Gasteiger partial charge in [-0.15, -0.1) is 11.6 Å². The number of nitrogens with zero attached hydrogens (tertiary/aromatic N) is 1. The Kier molecular flexibility index (Phi) is 3.62. The SMILES string of the molecule is CC(C)C1CCC(C#N)(CCl)CC1. The number of rotatable bonds is 2. The zero-order chi connectivity index (χ0) is 9.90. The molecule has 0 aliphatic heterocycles. The van der Waals surface area contributed by atoms with Crippen LogP contribution in [0, 0.1) is 28.6 Å². The summed E-state index contributed by atoms with van der Waals surface area (Å²) in [6, 6.07) is 2.39. The Balaban J connectivity index is 2.51. The molecule has 0 aromatic heterocycles. The van der Waals surface area contributed by atoms with Gasteiger partial charge in [-0.05, 0) is 37.5 Å². The van der Waals surface area contributed by atoms with Crippen molar-refractivity contribution in [3.05, 3.63) is 0 Å². The highest BCUT2D eigenvalue weighted by Gasteiger charge is 2.35. The minimum Gasteiger partial charge on any atom is -0.198 e. The number of halogens is 1. The van der Waals surface area contributed by atoms with Crippen LogP contribution < -0.4 is 0 Å². The van der Waals surface area contributed by atoms with Crippen LogP contribution >= 0.6 is 11.6 Å². The molecule has 74 valence electrons. The van der Waals surface area contributed by atoms with Crippen LogP contribution in [0.3, 0.4) is 0 Å². The van der Waals surface area contributed by atoms with Gasteiger partial charge >= 0.3 is 0 Å². The van der Waals surface area contributed by atoms with Crippen molar-refractivity contribution in [2.24, 2.45) is 17.3 Å². The predicted molar refractivity (Wildman–Crippen MR) is 55.6 cm³/mol. The Morgan fingerprint density at radius 1 is 1.46 bits per heavy atom. The second-order valence-corrected chi connectivity index (χ2v) is 4.87. The fourth-order valence-electron chi connectivity index (χ4n) is 2.13. The largest absolute Gasteiger partial charge is 0.198 e. The lowest BCUT2D eigenvalue weighted by atomic mass is 9.70. The number of hydrogen-bond donors (Lipinski definition) is 0. The molecule has 0 amide bonds. The first-order valence-corrected chi connectivity index (χ1v) is 5.64. The minimum atomic E-state index is -0.201. The van der Waals surface area contributed by atoms with Crippen molar-refractivity contribution in [1.82, 2.24) is 0 Å². The maximum absolute atomic E-state index is 9.03. The third-order valence-corrected chi connectivity index (χ3v) is 3.93. The Bertz CT molecular complexity index is 197. The third kappa shape index (κ3) is 2.38. The summed E-state index contributed by atoms with van der Waals surface area (Å²) in [6.45, 7) is 4.54. The highest BCUT2D eigenvalue weighted by Crippen LogP contribution is 2.41. The lowest BCUT2D eigenvalue weighted by Gasteiger charge is -2.35. The second kappa shape index (κ2) is 4.33. The predicted octanol–water partition coefficient (Wildman–Crippen LogP) is 3.58. The zero-order valence-electron chi connectivity index (χ0n) is 8.52. The molecule has 0 spiro atoms. The summed E-state index contributed by atoms with van der Waals surface area (Å²) >= 11 is 5.84. The van der Waals surface area contributed by atoms with Gasteiger partial charge in [0.2, 0.25) is 0 Å². The first-order valence-electron chi connectivity index (χ1n) is 5.11. The van der Waals surface area contributed by atoms with Crippen LogP contribution in [0.1, 0.15) is 39.5 Å². The van der Waals surface area contributed by atoms with Crippen molar-refractivity contribution < 1.29 is 0 Å². The fourth-order valence-corrected chi connectivity index (χ4v) is 2.46. The third-order valence-electron chi connectivity index (χ3n) is 3.42. The van der Waals surface area contributed by atoms with Crippen molar-refractivity contribution in [1.29, 1.82) is 5.26 Å².